The van der Waals surface area contributed by atoms with Crippen molar-refractivity contribution < 1.29 is 19.4 Å². The molecule has 2 rings (SSSR count). The van der Waals surface area contributed by atoms with Gasteiger partial charge in [-0.3, -0.25) is 14.6 Å². The van der Waals surface area contributed by atoms with Crippen LogP contribution in [0.5, 0.6) is 0 Å². The van der Waals surface area contributed by atoms with Gasteiger partial charge in [-0.1, -0.05) is 25.1 Å². The quantitative estimate of drug-likeness (QED) is 0.403. The molecular weight excluding hydrogens is 406 g/mol. The van der Waals surface area contributed by atoms with Crippen molar-refractivity contribution in [3.63, 3.8) is 0 Å². The highest BCUT2D eigenvalue weighted by Gasteiger charge is 2.22. The molecule has 1 aromatic carbocycles. The molecule has 1 heterocycles. The number of ether oxygens (including phenoxy) is 2. The maximum atomic E-state index is 12.6. The van der Waals surface area contributed by atoms with E-state index in [9.17, 15) is 9.90 Å². The zero-order valence-corrected chi connectivity index (χ0v) is 20.2. The molecule has 1 aliphatic heterocycles. The summed E-state index contributed by atoms with van der Waals surface area (Å²) in [7, 11) is 1.60. The molecular formula is C25H39N3O4. The zero-order chi connectivity index (χ0) is 23.5. The van der Waals surface area contributed by atoms with E-state index in [4.69, 9.17) is 9.47 Å². The van der Waals surface area contributed by atoms with Crippen LogP contribution in [0, 0.1) is 6.92 Å². The number of methoxy groups -OCH3 is 1. The lowest BCUT2D eigenvalue weighted by Crippen LogP contribution is -2.50. The first kappa shape index (κ1) is 25.9. The van der Waals surface area contributed by atoms with E-state index in [2.05, 4.69) is 28.1 Å². The van der Waals surface area contributed by atoms with Crippen LogP contribution < -0.4 is 5.32 Å². The van der Waals surface area contributed by atoms with E-state index in [1.165, 1.54) is 0 Å². The van der Waals surface area contributed by atoms with Crippen molar-refractivity contribution in [2.75, 3.05) is 58.3 Å². The van der Waals surface area contributed by atoms with Crippen LogP contribution in [0.4, 0.5) is 5.69 Å². The second kappa shape index (κ2) is 13.3. The van der Waals surface area contributed by atoms with Gasteiger partial charge in [0.2, 0.25) is 5.91 Å². The van der Waals surface area contributed by atoms with Gasteiger partial charge >= 0.3 is 0 Å². The number of amides is 1. The summed E-state index contributed by atoms with van der Waals surface area (Å²) in [6, 6.07) is 6.11. The average Bonchev–Trinajstić information content (AvgIpc) is 2.79. The number of carbonyl (C=O) groups is 1. The molecule has 7 nitrogen and oxygen atoms in total. The first-order chi connectivity index (χ1) is 15.4. The molecule has 1 saturated heterocycles. The molecule has 0 bridgehead atoms. The molecule has 7 heteroatoms. The minimum atomic E-state index is -0.594. The minimum absolute atomic E-state index is 0.0210. The number of rotatable bonds is 11. The van der Waals surface area contributed by atoms with Crippen molar-refractivity contribution in [3.05, 3.63) is 53.0 Å². The number of hydrogen-bond acceptors (Lipinski definition) is 6. The number of piperazine rings is 1. The number of β-amino-alcohol motifs (C(OH)–C–C–N with tert-alkyl or cyclic N) is 1. The molecule has 1 unspecified atom stereocenters. The number of nitrogens with one attached hydrogen (secondary N) is 1. The summed E-state index contributed by atoms with van der Waals surface area (Å²) in [5.74, 6) is 1.31. The second-order valence-electron chi connectivity index (χ2n) is 8.06. The third-order valence-corrected chi connectivity index (χ3v) is 5.72. The summed E-state index contributed by atoms with van der Waals surface area (Å²) < 4.78 is 11.0. The molecule has 1 amide bonds. The Morgan fingerprint density at radius 2 is 1.81 bits per heavy atom. The molecule has 0 aliphatic carbocycles. The van der Waals surface area contributed by atoms with Crippen molar-refractivity contribution in [1.29, 1.82) is 0 Å². The fraction of sp³-hybridized carbons (Fsp3) is 0.560. The number of anilines is 1. The largest absolute Gasteiger partial charge is 0.493 e. The number of aliphatic hydroxyl groups is 1. The molecule has 0 radical (unpaired) electrons. The molecule has 1 aromatic rings. The summed E-state index contributed by atoms with van der Waals surface area (Å²) in [5.41, 5.74) is 3.19. The second-order valence-corrected chi connectivity index (χ2v) is 8.06. The SMILES string of the molecule is CC=C(OC)C(=CC)OCC(O)CN1CCN(CC(=O)Nc2c(C)cccc2CC)CC1. The first-order valence-electron chi connectivity index (χ1n) is 11.4. The van der Waals surface area contributed by atoms with Crippen molar-refractivity contribution in [3.8, 4) is 0 Å². The van der Waals surface area contributed by atoms with Crippen LogP contribution in [0.3, 0.4) is 0 Å². The summed E-state index contributed by atoms with van der Waals surface area (Å²) in [4.78, 5) is 17.0. The van der Waals surface area contributed by atoms with Gasteiger partial charge in [-0.25, -0.2) is 0 Å². The van der Waals surface area contributed by atoms with Crippen LogP contribution in [0.1, 0.15) is 31.9 Å². The molecule has 1 atom stereocenters. The van der Waals surface area contributed by atoms with E-state index in [0.717, 1.165) is 49.4 Å². The molecule has 2 N–H and O–H groups in total. The first-order valence-corrected chi connectivity index (χ1v) is 11.4. The summed E-state index contributed by atoms with van der Waals surface area (Å²) in [6.07, 6.45) is 3.96. The fourth-order valence-electron chi connectivity index (χ4n) is 3.91. The van der Waals surface area contributed by atoms with E-state index < -0.39 is 6.10 Å². The Labute approximate surface area is 192 Å². The predicted octanol–water partition coefficient (Wildman–Crippen LogP) is 2.95. The van der Waals surface area contributed by atoms with Crippen LogP contribution in [0.15, 0.2) is 41.9 Å². The normalized spacial score (nSPS) is 17.2. The Bertz CT molecular complexity index is 798. The summed E-state index contributed by atoms with van der Waals surface area (Å²) in [5, 5.41) is 13.5. The lowest BCUT2D eigenvalue weighted by Gasteiger charge is -2.35. The number of aryl methyl sites for hydroxylation is 2. The van der Waals surface area contributed by atoms with Crippen LogP contribution in [-0.4, -0.2) is 79.9 Å². The van der Waals surface area contributed by atoms with Crippen molar-refractivity contribution in [2.24, 2.45) is 0 Å². The van der Waals surface area contributed by atoms with Gasteiger partial charge in [-0.05, 0) is 50.5 Å². The number of allylic oxidation sites excluding steroid dienone is 2. The van der Waals surface area contributed by atoms with Crippen LogP contribution in [0.25, 0.3) is 0 Å². The Morgan fingerprint density at radius 1 is 1.16 bits per heavy atom. The predicted molar refractivity (Wildman–Crippen MR) is 129 cm³/mol. The van der Waals surface area contributed by atoms with E-state index >= 15 is 0 Å². The molecule has 32 heavy (non-hydrogen) atoms. The van der Waals surface area contributed by atoms with Crippen molar-refractivity contribution in [2.45, 2.75) is 40.2 Å². The summed E-state index contributed by atoms with van der Waals surface area (Å²) >= 11 is 0. The van der Waals surface area contributed by atoms with Crippen molar-refractivity contribution in [1.82, 2.24) is 9.80 Å². The number of hydrogen-bond donors (Lipinski definition) is 2. The topological polar surface area (TPSA) is 74.3 Å². The molecule has 1 fully saturated rings. The molecule has 178 valence electrons. The van der Waals surface area contributed by atoms with Gasteiger partial charge in [0.1, 0.15) is 12.7 Å². The molecule has 0 spiro atoms. The Balaban J connectivity index is 1.75. The van der Waals surface area contributed by atoms with Crippen LogP contribution >= 0.6 is 0 Å². The van der Waals surface area contributed by atoms with Gasteiger partial charge in [0.25, 0.3) is 0 Å². The number of benzene rings is 1. The smallest absolute Gasteiger partial charge is 0.238 e. The van der Waals surface area contributed by atoms with E-state index in [1.807, 2.05) is 45.1 Å². The molecule has 0 saturated carbocycles. The fourth-order valence-corrected chi connectivity index (χ4v) is 3.91. The van der Waals surface area contributed by atoms with Crippen molar-refractivity contribution >= 4 is 11.6 Å². The van der Waals surface area contributed by atoms with Gasteiger partial charge in [0.15, 0.2) is 11.5 Å². The Hall–Kier alpha value is -2.35. The number of para-hydroxylation sites is 1. The van der Waals surface area contributed by atoms with Gasteiger partial charge in [0.05, 0.1) is 13.7 Å². The summed E-state index contributed by atoms with van der Waals surface area (Å²) in [6.45, 7) is 12.2. The van der Waals surface area contributed by atoms with Crippen LogP contribution in [0.2, 0.25) is 0 Å². The monoisotopic (exact) mass is 445 g/mol. The van der Waals surface area contributed by atoms with Gasteiger partial charge in [0, 0.05) is 38.4 Å². The van der Waals surface area contributed by atoms with E-state index in [-0.39, 0.29) is 12.5 Å². The third-order valence-electron chi connectivity index (χ3n) is 5.72. The zero-order valence-electron chi connectivity index (χ0n) is 20.2. The minimum Gasteiger partial charge on any atom is -0.493 e. The Kier molecular flexibility index (Phi) is 10.7. The van der Waals surface area contributed by atoms with Gasteiger partial charge in [-0.2, -0.15) is 0 Å². The highest BCUT2D eigenvalue weighted by atomic mass is 16.5. The lowest BCUT2D eigenvalue weighted by atomic mass is 10.1. The maximum absolute atomic E-state index is 12.6. The van der Waals surface area contributed by atoms with Gasteiger partial charge < -0.3 is 19.9 Å². The number of aliphatic hydroxyl groups excluding tert-OH is 1. The Morgan fingerprint density at radius 3 is 2.41 bits per heavy atom. The van der Waals surface area contributed by atoms with Gasteiger partial charge in [-0.15, -0.1) is 0 Å². The third kappa shape index (κ3) is 7.65. The maximum Gasteiger partial charge on any atom is 0.238 e. The number of carbonyl (C=O) groups excluding carboxylic acids is 1. The van der Waals surface area contributed by atoms with E-state index in [0.29, 0.717) is 24.6 Å². The molecule has 0 aromatic heterocycles. The standard InChI is InChI=1S/C25H39N3O4/c1-6-20-11-9-10-19(4)25(20)26-24(30)17-28-14-12-27(13-15-28)16-21(29)18-32-23(8-3)22(7-2)31-5/h7-11,21,29H,6,12-18H2,1-5H3,(H,26,30). The lowest BCUT2D eigenvalue weighted by molar-refractivity contribution is -0.117. The highest BCUT2D eigenvalue weighted by molar-refractivity contribution is 5.93. The van der Waals surface area contributed by atoms with Crippen LogP contribution in [-0.2, 0) is 20.7 Å². The average molecular weight is 446 g/mol. The highest BCUT2D eigenvalue weighted by Crippen LogP contribution is 2.21. The van der Waals surface area contributed by atoms with E-state index in [1.54, 1.807) is 7.11 Å². The molecule has 1 aliphatic rings. The number of nitrogens with zero attached hydrogens (tertiary/aromatic N) is 2.